The first-order valence-electron chi connectivity index (χ1n) is 11.0. The molecule has 0 aliphatic carbocycles. The molecule has 0 radical (unpaired) electrons. The third-order valence-electron chi connectivity index (χ3n) is 6.86. The summed E-state index contributed by atoms with van der Waals surface area (Å²) in [4.78, 5) is 29.6. The quantitative estimate of drug-likeness (QED) is 0.643. The Bertz CT molecular complexity index is 1080. The van der Waals surface area contributed by atoms with Gasteiger partial charge in [0, 0.05) is 44.5 Å². The van der Waals surface area contributed by atoms with Crippen LogP contribution in [-0.2, 0) is 25.9 Å². The van der Waals surface area contributed by atoms with E-state index < -0.39 is 16.4 Å². The van der Waals surface area contributed by atoms with Gasteiger partial charge >= 0.3 is 6.03 Å². The van der Waals surface area contributed by atoms with Crippen molar-refractivity contribution in [2.75, 3.05) is 19.6 Å². The molecule has 5 rings (SSSR count). The molecule has 0 spiro atoms. The van der Waals surface area contributed by atoms with Gasteiger partial charge in [-0.2, -0.15) is 0 Å². The fourth-order valence-corrected chi connectivity index (χ4v) is 7.19. The highest BCUT2D eigenvalue weighted by atomic mass is 32.3. The molecule has 3 aliphatic heterocycles. The number of piperidine rings is 1. The smallest absolute Gasteiger partial charge is 0.329 e. The average molecular weight is 462 g/mol. The molecule has 11 heteroatoms. The fourth-order valence-electron chi connectivity index (χ4n) is 5.24. The number of aromatic nitrogens is 2. The second-order valence-corrected chi connectivity index (χ2v) is 10.6. The first-order valence-corrected chi connectivity index (χ1v) is 12.4. The molecule has 2 saturated heterocycles. The molecule has 32 heavy (non-hydrogen) atoms. The Morgan fingerprint density at radius 1 is 1.22 bits per heavy atom. The van der Waals surface area contributed by atoms with Crippen molar-refractivity contribution in [3.63, 3.8) is 0 Å². The summed E-state index contributed by atoms with van der Waals surface area (Å²) in [7, 11) is -3.87. The van der Waals surface area contributed by atoms with E-state index in [1.807, 2.05) is 17.0 Å². The van der Waals surface area contributed by atoms with Crippen LogP contribution in [-0.4, -0.2) is 72.0 Å². The number of sulfonamides is 1. The van der Waals surface area contributed by atoms with Crippen LogP contribution in [0.1, 0.15) is 42.8 Å². The highest BCUT2D eigenvalue weighted by Crippen LogP contribution is 2.35. The van der Waals surface area contributed by atoms with Gasteiger partial charge in [0.1, 0.15) is 11.7 Å². The van der Waals surface area contributed by atoms with E-state index in [0.29, 0.717) is 57.6 Å². The lowest BCUT2D eigenvalue weighted by atomic mass is 10.0. The summed E-state index contributed by atoms with van der Waals surface area (Å²) in [5, 5.41) is 3.77. The van der Waals surface area contributed by atoms with Gasteiger partial charge in [0.2, 0.25) is 10.8 Å². The van der Waals surface area contributed by atoms with Crippen molar-refractivity contribution in [1.82, 2.24) is 23.8 Å². The lowest BCUT2D eigenvalue weighted by Gasteiger charge is -2.38. The molecule has 0 aromatic carbocycles. The number of hydrogen-bond acceptors (Lipinski definition) is 6. The maximum absolute atomic E-state index is 13.3. The lowest BCUT2D eigenvalue weighted by Crippen LogP contribution is -2.53. The summed E-state index contributed by atoms with van der Waals surface area (Å²) in [6, 6.07) is 3.18. The predicted octanol–water partition coefficient (Wildman–Crippen LogP) is 1.94. The highest BCUT2D eigenvalue weighted by molar-refractivity contribution is 7.95. The standard InChI is InChI=1S/C21H27N5O5S/c1-14-19(15(2)31-22-14)32(29,30)26-10-4-6-18(26)20(27)23-11-7-16(8-12-23)25-13-17-5-3-9-24(17)21(25)28/h3,5,9,16,18H,4,6-8,10-13H2,1-2H3. The molecule has 2 fully saturated rings. The van der Waals surface area contributed by atoms with E-state index in [9.17, 15) is 18.4 Å². The number of likely N-dealkylation sites (tertiary alicyclic amines) is 1. The normalized spacial score (nSPS) is 24.2. The minimum absolute atomic E-state index is 0.0118. The largest absolute Gasteiger partial charge is 0.593 e. The number of carbonyl (C=O) groups excluding carboxylic acids is 2. The van der Waals surface area contributed by atoms with Crippen molar-refractivity contribution in [3.8, 4) is 0 Å². The number of fused-ring (bicyclic) bond motifs is 1. The minimum atomic E-state index is -3.87. The van der Waals surface area contributed by atoms with Crippen LogP contribution >= 0.6 is 0 Å². The Hall–Kier alpha value is -2.50. The number of aryl methyl sites for hydroxylation is 2. The van der Waals surface area contributed by atoms with Crippen molar-refractivity contribution in [2.24, 2.45) is 0 Å². The van der Waals surface area contributed by atoms with Crippen molar-refractivity contribution in [2.45, 2.75) is 63.1 Å². The van der Waals surface area contributed by atoms with E-state index in [4.69, 9.17) is 4.52 Å². The fraction of sp³-hybridized carbons (Fsp3) is 0.571. The Morgan fingerprint density at radius 3 is 2.62 bits per heavy atom. The van der Waals surface area contributed by atoms with Gasteiger partial charge in [0.25, 0.3) is 0 Å². The minimum Gasteiger partial charge on any atom is -0.593 e. The van der Waals surface area contributed by atoms with Crippen LogP contribution in [0.15, 0.2) is 27.7 Å². The Morgan fingerprint density at radius 2 is 1.97 bits per heavy atom. The summed E-state index contributed by atoms with van der Waals surface area (Å²) in [6.45, 7) is 5.09. The van der Waals surface area contributed by atoms with E-state index in [1.165, 1.54) is 4.31 Å². The second kappa shape index (κ2) is 7.82. The summed E-state index contributed by atoms with van der Waals surface area (Å²) in [6.07, 6.45) is 4.29. The van der Waals surface area contributed by atoms with Crippen LogP contribution in [0.4, 0.5) is 4.79 Å². The van der Waals surface area contributed by atoms with Crippen molar-refractivity contribution in [3.05, 3.63) is 35.5 Å². The third kappa shape index (κ3) is 3.30. The van der Waals surface area contributed by atoms with E-state index >= 15 is 0 Å². The number of carbonyl (C=O) groups is 2. The van der Waals surface area contributed by atoms with Gasteiger partial charge in [-0.25, -0.2) is 4.79 Å². The van der Waals surface area contributed by atoms with Gasteiger partial charge in [-0.15, -0.1) is 4.31 Å². The topological polar surface area (TPSA) is 115 Å². The molecular weight excluding hydrogens is 434 g/mol. The Labute approximate surface area is 187 Å². The van der Waals surface area contributed by atoms with Crippen LogP contribution in [0.5, 0.6) is 0 Å². The van der Waals surface area contributed by atoms with Crippen molar-refractivity contribution >= 4 is 22.3 Å². The third-order valence-corrected chi connectivity index (χ3v) is 9.01. The average Bonchev–Trinajstić information content (AvgIpc) is 3.54. The molecule has 10 nitrogen and oxygen atoms in total. The second-order valence-electron chi connectivity index (χ2n) is 8.76. The molecule has 0 N–H and O–H groups in total. The SMILES string of the molecule is Cc1noc(C)c1[S+](=O)([O-])N1CCCC1C(=O)N1CCC(N2Cc3cccn3C2=O)CC1. The van der Waals surface area contributed by atoms with E-state index in [1.54, 1.807) is 29.5 Å². The zero-order valence-corrected chi connectivity index (χ0v) is 19.0. The van der Waals surface area contributed by atoms with Crippen molar-refractivity contribution < 1.29 is 22.9 Å². The molecule has 2 atom stereocenters. The summed E-state index contributed by atoms with van der Waals surface area (Å²) >= 11 is 0. The van der Waals surface area contributed by atoms with Crippen molar-refractivity contribution in [1.29, 1.82) is 0 Å². The molecular formula is C21H27N5O5S. The maximum Gasteiger partial charge on any atom is 0.329 e. The monoisotopic (exact) mass is 461 g/mol. The van der Waals surface area contributed by atoms with E-state index in [2.05, 4.69) is 5.16 Å². The van der Waals surface area contributed by atoms with Crippen LogP contribution in [0.2, 0.25) is 0 Å². The van der Waals surface area contributed by atoms with E-state index in [-0.39, 0.29) is 28.6 Å². The van der Waals surface area contributed by atoms with Crippen LogP contribution in [0, 0.1) is 13.8 Å². The number of nitrogens with zero attached hydrogens (tertiary/aromatic N) is 5. The summed E-state index contributed by atoms with van der Waals surface area (Å²) < 4.78 is 34.6. The van der Waals surface area contributed by atoms with Gasteiger partial charge in [-0.1, -0.05) is 9.37 Å². The molecule has 2 amide bonds. The number of hydrogen-bond donors (Lipinski definition) is 0. The molecule has 2 aromatic rings. The maximum atomic E-state index is 13.3. The molecule has 3 aliphatic rings. The lowest BCUT2D eigenvalue weighted by molar-refractivity contribution is -0.136. The van der Waals surface area contributed by atoms with Crippen LogP contribution in [0.3, 0.4) is 0 Å². The van der Waals surface area contributed by atoms with Crippen LogP contribution < -0.4 is 0 Å². The van der Waals surface area contributed by atoms with Gasteiger partial charge in [0.15, 0.2) is 16.2 Å². The molecule has 172 valence electrons. The van der Waals surface area contributed by atoms with Gasteiger partial charge in [-0.05, 0) is 44.7 Å². The first-order chi connectivity index (χ1) is 15.3. The van der Waals surface area contributed by atoms with E-state index in [0.717, 1.165) is 5.69 Å². The number of rotatable bonds is 4. The molecule has 0 saturated carbocycles. The van der Waals surface area contributed by atoms with Gasteiger partial charge < -0.3 is 18.9 Å². The Kier molecular flexibility index (Phi) is 5.22. The number of amides is 2. The summed E-state index contributed by atoms with van der Waals surface area (Å²) in [5.74, 6) is 0.0810. The van der Waals surface area contributed by atoms with Gasteiger partial charge in [-0.3, -0.25) is 9.36 Å². The zero-order valence-electron chi connectivity index (χ0n) is 18.2. The zero-order chi connectivity index (χ0) is 22.6. The highest BCUT2D eigenvalue weighted by Gasteiger charge is 2.48. The Balaban J connectivity index is 1.26. The first kappa shape index (κ1) is 21.4. The molecule has 2 aromatic heterocycles. The van der Waals surface area contributed by atoms with Crippen LogP contribution in [0.25, 0.3) is 0 Å². The summed E-state index contributed by atoms with van der Waals surface area (Å²) in [5.41, 5.74) is 1.29. The molecule has 2 unspecified atom stereocenters. The van der Waals surface area contributed by atoms with Gasteiger partial charge in [0.05, 0.1) is 6.54 Å². The molecule has 5 heterocycles. The molecule has 0 bridgehead atoms. The predicted molar refractivity (Wildman–Crippen MR) is 113 cm³/mol.